The Morgan fingerprint density at radius 1 is 1.41 bits per heavy atom. The van der Waals surface area contributed by atoms with Crippen molar-refractivity contribution in [2.24, 2.45) is 5.92 Å². The van der Waals surface area contributed by atoms with Gasteiger partial charge in [0.25, 0.3) is 5.69 Å². The number of nitro benzene ring substituents is 1. The molecule has 1 atom stereocenters. The van der Waals surface area contributed by atoms with E-state index in [0.717, 1.165) is 6.42 Å². The summed E-state index contributed by atoms with van der Waals surface area (Å²) in [5, 5.41) is 14.0. The maximum atomic E-state index is 10.7. The zero-order valence-electron chi connectivity index (χ0n) is 10.4. The van der Waals surface area contributed by atoms with Crippen molar-refractivity contribution in [3.8, 4) is 0 Å². The number of nitrogen functional groups attached to an aromatic ring is 1. The van der Waals surface area contributed by atoms with Crippen LogP contribution >= 0.6 is 0 Å². The van der Waals surface area contributed by atoms with Gasteiger partial charge in [-0.3, -0.25) is 10.1 Å². The van der Waals surface area contributed by atoms with Gasteiger partial charge in [-0.15, -0.1) is 0 Å². The second kappa shape index (κ2) is 5.52. The maximum Gasteiger partial charge on any atom is 0.273 e. The summed E-state index contributed by atoms with van der Waals surface area (Å²) in [4.78, 5) is 10.3. The molecule has 0 aliphatic carbocycles. The molecule has 0 amide bonds. The van der Waals surface area contributed by atoms with Gasteiger partial charge in [-0.05, 0) is 18.4 Å². The lowest BCUT2D eigenvalue weighted by Crippen LogP contribution is -2.24. The van der Waals surface area contributed by atoms with E-state index < -0.39 is 4.92 Å². The standard InChI is InChI=1S/C12H19N3O2/c1-4-12(8(2)3)14-10-5-9(13)6-11(7-10)15(16)17/h5-8,12,14H,4,13H2,1-3H3. The Morgan fingerprint density at radius 2 is 2.06 bits per heavy atom. The minimum atomic E-state index is -0.433. The highest BCUT2D eigenvalue weighted by Gasteiger charge is 2.13. The highest BCUT2D eigenvalue weighted by atomic mass is 16.6. The third-order valence-corrected chi connectivity index (χ3v) is 2.75. The fraction of sp³-hybridized carbons (Fsp3) is 0.500. The molecule has 0 saturated carbocycles. The third kappa shape index (κ3) is 3.62. The minimum Gasteiger partial charge on any atom is -0.398 e. The molecule has 1 aromatic carbocycles. The summed E-state index contributed by atoms with van der Waals surface area (Å²) in [6, 6.07) is 4.89. The molecule has 1 rings (SSSR count). The SMILES string of the molecule is CCC(Nc1cc(N)cc([N+](=O)[O-])c1)C(C)C. The summed E-state index contributed by atoms with van der Waals surface area (Å²) in [7, 11) is 0. The monoisotopic (exact) mass is 237 g/mol. The van der Waals surface area contributed by atoms with Crippen molar-refractivity contribution >= 4 is 17.1 Å². The predicted octanol–water partition coefficient (Wildman–Crippen LogP) is 3.02. The average molecular weight is 237 g/mol. The van der Waals surface area contributed by atoms with Gasteiger partial charge in [0.15, 0.2) is 0 Å². The minimum absolute atomic E-state index is 0.0195. The maximum absolute atomic E-state index is 10.7. The van der Waals surface area contributed by atoms with Crippen molar-refractivity contribution in [1.29, 1.82) is 0 Å². The van der Waals surface area contributed by atoms with E-state index in [-0.39, 0.29) is 11.7 Å². The van der Waals surface area contributed by atoms with Crippen LogP contribution in [0.15, 0.2) is 18.2 Å². The van der Waals surface area contributed by atoms with Crippen LogP contribution < -0.4 is 11.1 Å². The molecular formula is C12H19N3O2. The summed E-state index contributed by atoms with van der Waals surface area (Å²) in [5.74, 6) is 0.459. The highest BCUT2D eigenvalue weighted by molar-refractivity contribution is 5.61. The fourth-order valence-electron chi connectivity index (χ4n) is 1.78. The molecule has 1 unspecified atom stereocenters. The van der Waals surface area contributed by atoms with Crippen molar-refractivity contribution in [3.63, 3.8) is 0 Å². The fourth-order valence-corrected chi connectivity index (χ4v) is 1.78. The number of rotatable bonds is 5. The zero-order chi connectivity index (χ0) is 13.0. The Hall–Kier alpha value is -1.78. The molecule has 5 heteroatoms. The Balaban J connectivity index is 2.94. The van der Waals surface area contributed by atoms with Crippen LogP contribution in [0.1, 0.15) is 27.2 Å². The van der Waals surface area contributed by atoms with E-state index in [1.165, 1.54) is 12.1 Å². The van der Waals surface area contributed by atoms with Crippen LogP contribution in [-0.2, 0) is 0 Å². The van der Waals surface area contributed by atoms with Crippen molar-refractivity contribution < 1.29 is 4.92 Å². The Bertz CT molecular complexity index is 405. The first-order chi connectivity index (χ1) is 7.93. The lowest BCUT2D eigenvalue weighted by molar-refractivity contribution is -0.384. The van der Waals surface area contributed by atoms with Gasteiger partial charge >= 0.3 is 0 Å². The van der Waals surface area contributed by atoms with Gasteiger partial charge < -0.3 is 11.1 Å². The van der Waals surface area contributed by atoms with E-state index in [9.17, 15) is 10.1 Å². The molecule has 94 valence electrons. The number of hydrogen-bond donors (Lipinski definition) is 2. The average Bonchev–Trinajstić information content (AvgIpc) is 2.24. The van der Waals surface area contributed by atoms with Crippen LogP contribution in [0.5, 0.6) is 0 Å². The zero-order valence-corrected chi connectivity index (χ0v) is 10.4. The molecule has 0 heterocycles. The summed E-state index contributed by atoms with van der Waals surface area (Å²) in [6.07, 6.45) is 0.959. The summed E-state index contributed by atoms with van der Waals surface area (Å²) < 4.78 is 0. The Kier molecular flexibility index (Phi) is 4.31. The first kappa shape index (κ1) is 13.3. The van der Waals surface area contributed by atoms with Crippen LogP contribution in [0, 0.1) is 16.0 Å². The number of non-ortho nitro benzene ring substituents is 1. The summed E-state index contributed by atoms with van der Waals surface area (Å²) in [5.41, 5.74) is 6.77. The molecular weight excluding hydrogens is 218 g/mol. The largest absolute Gasteiger partial charge is 0.398 e. The molecule has 1 aromatic rings. The van der Waals surface area contributed by atoms with Crippen LogP contribution in [0.2, 0.25) is 0 Å². The molecule has 0 saturated heterocycles. The first-order valence-corrected chi connectivity index (χ1v) is 5.75. The van der Waals surface area contributed by atoms with E-state index >= 15 is 0 Å². The quantitative estimate of drug-likeness (QED) is 0.468. The van der Waals surface area contributed by atoms with Crippen molar-refractivity contribution in [2.75, 3.05) is 11.1 Å². The molecule has 0 spiro atoms. The number of benzene rings is 1. The van der Waals surface area contributed by atoms with Crippen molar-refractivity contribution in [3.05, 3.63) is 28.3 Å². The van der Waals surface area contributed by atoms with Crippen LogP contribution in [-0.4, -0.2) is 11.0 Å². The van der Waals surface area contributed by atoms with Crippen LogP contribution in [0.25, 0.3) is 0 Å². The second-order valence-electron chi connectivity index (χ2n) is 4.47. The molecule has 0 aliphatic rings. The van der Waals surface area contributed by atoms with Crippen molar-refractivity contribution in [1.82, 2.24) is 0 Å². The topological polar surface area (TPSA) is 81.2 Å². The normalized spacial score (nSPS) is 12.5. The summed E-state index contributed by atoms with van der Waals surface area (Å²) >= 11 is 0. The lowest BCUT2D eigenvalue weighted by atomic mass is 10.0. The van der Waals surface area contributed by atoms with Gasteiger partial charge in [0.1, 0.15) is 0 Å². The van der Waals surface area contributed by atoms with E-state index in [0.29, 0.717) is 17.3 Å². The number of nitro groups is 1. The number of nitrogens with zero attached hydrogens (tertiary/aromatic N) is 1. The van der Waals surface area contributed by atoms with E-state index in [2.05, 4.69) is 26.1 Å². The number of nitrogens with two attached hydrogens (primary N) is 1. The molecule has 5 nitrogen and oxygen atoms in total. The first-order valence-electron chi connectivity index (χ1n) is 5.75. The van der Waals surface area contributed by atoms with E-state index in [4.69, 9.17) is 5.73 Å². The molecule has 17 heavy (non-hydrogen) atoms. The number of anilines is 2. The third-order valence-electron chi connectivity index (χ3n) is 2.75. The molecule has 0 bridgehead atoms. The second-order valence-corrected chi connectivity index (χ2v) is 4.47. The summed E-state index contributed by atoms with van der Waals surface area (Å²) in [6.45, 7) is 6.31. The number of hydrogen-bond acceptors (Lipinski definition) is 4. The van der Waals surface area contributed by atoms with Gasteiger partial charge in [0, 0.05) is 29.5 Å². The van der Waals surface area contributed by atoms with Gasteiger partial charge in [0.05, 0.1) is 4.92 Å². The lowest BCUT2D eigenvalue weighted by Gasteiger charge is -2.22. The number of nitrogens with one attached hydrogen (secondary N) is 1. The van der Waals surface area contributed by atoms with Gasteiger partial charge in [-0.1, -0.05) is 20.8 Å². The molecule has 0 aliphatic heterocycles. The van der Waals surface area contributed by atoms with E-state index in [1.807, 2.05) is 0 Å². The Morgan fingerprint density at radius 3 is 2.53 bits per heavy atom. The molecule has 3 N–H and O–H groups in total. The van der Waals surface area contributed by atoms with Crippen LogP contribution in [0.4, 0.5) is 17.1 Å². The molecule has 0 aromatic heterocycles. The van der Waals surface area contributed by atoms with Crippen molar-refractivity contribution in [2.45, 2.75) is 33.2 Å². The molecule has 0 radical (unpaired) electrons. The predicted molar refractivity (Wildman–Crippen MR) is 70.0 cm³/mol. The van der Waals surface area contributed by atoms with Gasteiger partial charge in [0.2, 0.25) is 0 Å². The Labute approximate surface area is 101 Å². The van der Waals surface area contributed by atoms with Crippen LogP contribution in [0.3, 0.4) is 0 Å². The highest BCUT2D eigenvalue weighted by Crippen LogP contribution is 2.24. The van der Waals surface area contributed by atoms with Gasteiger partial charge in [-0.25, -0.2) is 0 Å². The van der Waals surface area contributed by atoms with E-state index in [1.54, 1.807) is 6.07 Å². The smallest absolute Gasteiger partial charge is 0.273 e. The molecule has 0 fully saturated rings. The van der Waals surface area contributed by atoms with Gasteiger partial charge in [-0.2, -0.15) is 0 Å².